The molecule has 1 aromatic rings. The number of nitrogens with one attached hydrogen (secondary N) is 1. The van der Waals surface area contributed by atoms with Crippen LogP contribution in [0.5, 0.6) is 0 Å². The maximum absolute atomic E-state index is 13.3. The number of ether oxygens (including phenoxy) is 2. The SMILES string of the molecule is O=C(NC[C@@H]1CCCO1)[C@@H]1COC2(CCCCC2)N1C(=O)c1ccccc1. The molecule has 1 saturated carbocycles. The molecule has 2 saturated heterocycles. The zero-order chi connectivity index (χ0) is 18.7. The fourth-order valence-corrected chi connectivity index (χ4v) is 4.53. The lowest BCUT2D eigenvalue weighted by Gasteiger charge is -2.41. The van der Waals surface area contributed by atoms with E-state index in [1.807, 2.05) is 18.2 Å². The number of amides is 2. The summed E-state index contributed by atoms with van der Waals surface area (Å²) in [7, 11) is 0. The third kappa shape index (κ3) is 3.73. The van der Waals surface area contributed by atoms with Crippen LogP contribution in [0.15, 0.2) is 30.3 Å². The summed E-state index contributed by atoms with van der Waals surface area (Å²) < 4.78 is 11.7. The first-order valence-corrected chi connectivity index (χ1v) is 10.1. The van der Waals surface area contributed by atoms with Crippen LogP contribution in [0.4, 0.5) is 0 Å². The van der Waals surface area contributed by atoms with Gasteiger partial charge in [0.1, 0.15) is 11.8 Å². The number of nitrogens with zero attached hydrogens (tertiary/aromatic N) is 1. The van der Waals surface area contributed by atoms with E-state index in [1.165, 1.54) is 0 Å². The van der Waals surface area contributed by atoms with E-state index < -0.39 is 11.8 Å². The molecule has 6 nitrogen and oxygen atoms in total. The summed E-state index contributed by atoms with van der Waals surface area (Å²) in [4.78, 5) is 28.0. The Morgan fingerprint density at radius 1 is 1.11 bits per heavy atom. The molecule has 2 amide bonds. The van der Waals surface area contributed by atoms with Crippen LogP contribution >= 0.6 is 0 Å². The topological polar surface area (TPSA) is 67.9 Å². The van der Waals surface area contributed by atoms with Gasteiger partial charge < -0.3 is 14.8 Å². The molecule has 0 unspecified atom stereocenters. The first-order chi connectivity index (χ1) is 13.2. The molecule has 0 aromatic heterocycles. The Balaban J connectivity index is 1.54. The van der Waals surface area contributed by atoms with E-state index in [0.717, 1.165) is 51.6 Å². The van der Waals surface area contributed by atoms with Gasteiger partial charge in [-0.25, -0.2) is 0 Å². The van der Waals surface area contributed by atoms with E-state index >= 15 is 0 Å². The monoisotopic (exact) mass is 372 g/mol. The summed E-state index contributed by atoms with van der Waals surface area (Å²) in [5.74, 6) is -0.260. The van der Waals surface area contributed by atoms with E-state index in [9.17, 15) is 9.59 Å². The van der Waals surface area contributed by atoms with Crippen molar-refractivity contribution >= 4 is 11.8 Å². The maximum Gasteiger partial charge on any atom is 0.256 e. The summed E-state index contributed by atoms with van der Waals surface area (Å²) in [6.45, 7) is 1.51. The highest BCUT2D eigenvalue weighted by Crippen LogP contribution is 2.41. The van der Waals surface area contributed by atoms with Crippen molar-refractivity contribution in [2.45, 2.75) is 62.8 Å². The van der Waals surface area contributed by atoms with Gasteiger partial charge in [-0.1, -0.05) is 24.6 Å². The van der Waals surface area contributed by atoms with Gasteiger partial charge in [-0.05, 0) is 50.7 Å². The molecule has 1 aromatic carbocycles. The van der Waals surface area contributed by atoms with Gasteiger partial charge in [0, 0.05) is 18.7 Å². The van der Waals surface area contributed by atoms with Gasteiger partial charge in [-0.2, -0.15) is 0 Å². The average molecular weight is 372 g/mol. The predicted molar refractivity (Wildman–Crippen MR) is 100 cm³/mol. The zero-order valence-corrected chi connectivity index (χ0v) is 15.7. The van der Waals surface area contributed by atoms with Gasteiger partial charge in [-0.15, -0.1) is 0 Å². The van der Waals surface area contributed by atoms with Crippen molar-refractivity contribution in [3.63, 3.8) is 0 Å². The first-order valence-electron chi connectivity index (χ1n) is 10.1. The van der Waals surface area contributed by atoms with Crippen LogP contribution in [0.2, 0.25) is 0 Å². The number of carbonyl (C=O) groups is 2. The Morgan fingerprint density at radius 2 is 1.89 bits per heavy atom. The second-order valence-corrected chi connectivity index (χ2v) is 7.76. The van der Waals surface area contributed by atoms with Crippen LogP contribution in [-0.4, -0.2) is 54.3 Å². The van der Waals surface area contributed by atoms with Crippen LogP contribution in [0.3, 0.4) is 0 Å². The summed E-state index contributed by atoms with van der Waals surface area (Å²) in [5.41, 5.74) is -0.0401. The van der Waals surface area contributed by atoms with Gasteiger partial charge in [-0.3, -0.25) is 14.5 Å². The second-order valence-electron chi connectivity index (χ2n) is 7.76. The van der Waals surface area contributed by atoms with E-state index in [-0.39, 0.29) is 24.5 Å². The fourth-order valence-electron chi connectivity index (χ4n) is 4.53. The molecule has 146 valence electrons. The van der Waals surface area contributed by atoms with Crippen molar-refractivity contribution in [2.75, 3.05) is 19.8 Å². The zero-order valence-electron chi connectivity index (χ0n) is 15.7. The smallest absolute Gasteiger partial charge is 0.256 e. The van der Waals surface area contributed by atoms with Crippen molar-refractivity contribution in [1.82, 2.24) is 10.2 Å². The van der Waals surface area contributed by atoms with Gasteiger partial charge in [0.15, 0.2) is 0 Å². The normalized spacial score (nSPS) is 27.0. The average Bonchev–Trinajstić information content (AvgIpc) is 3.35. The van der Waals surface area contributed by atoms with Gasteiger partial charge in [0.25, 0.3) is 5.91 Å². The van der Waals surface area contributed by atoms with E-state index in [1.54, 1.807) is 17.0 Å². The van der Waals surface area contributed by atoms with Crippen molar-refractivity contribution in [3.05, 3.63) is 35.9 Å². The van der Waals surface area contributed by atoms with Crippen LogP contribution in [0.1, 0.15) is 55.3 Å². The highest BCUT2D eigenvalue weighted by Gasteiger charge is 2.52. The lowest BCUT2D eigenvalue weighted by Crippen LogP contribution is -2.56. The van der Waals surface area contributed by atoms with Gasteiger partial charge in [0.05, 0.1) is 12.7 Å². The molecular weight excluding hydrogens is 344 g/mol. The Labute approximate surface area is 160 Å². The molecule has 1 aliphatic carbocycles. The first kappa shape index (κ1) is 18.4. The molecule has 3 aliphatic rings. The Bertz CT molecular complexity index is 666. The molecule has 2 atom stereocenters. The third-order valence-electron chi connectivity index (χ3n) is 5.97. The molecule has 1 spiro atoms. The van der Waals surface area contributed by atoms with Crippen LogP contribution in [-0.2, 0) is 14.3 Å². The Hall–Kier alpha value is -1.92. The molecule has 2 aliphatic heterocycles. The molecule has 4 rings (SSSR count). The number of hydrogen-bond acceptors (Lipinski definition) is 4. The minimum atomic E-state index is -0.642. The molecular formula is C21H28N2O4. The summed E-state index contributed by atoms with van der Waals surface area (Å²) in [5, 5.41) is 2.99. The Morgan fingerprint density at radius 3 is 2.59 bits per heavy atom. The molecule has 0 radical (unpaired) electrons. The number of benzene rings is 1. The molecule has 0 bridgehead atoms. The highest BCUT2D eigenvalue weighted by molar-refractivity contribution is 5.98. The highest BCUT2D eigenvalue weighted by atomic mass is 16.5. The summed E-state index contributed by atoms with van der Waals surface area (Å²) in [6.07, 6.45) is 6.85. The van der Waals surface area contributed by atoms with Gasteiger partial charge >= 0.3 is 0 Å². The standard InChI is InChI=1S/C21H28N2O4/c24-19(22-14-17-10-7-13-26-17)18-15-27-21(11-5-2-6-12-21)23(18)20(25)16-8-3-1-4-9-16/h1,3-4,8-9,17-18H,2,5-7,10-15H2,(H,22,24)/t17-,18-/m0/s1. The van der Waals surface area contributed by atoms with Crippen LogP contribution in [0.25, 0.3) is 0 Å². The molecule has 2 heterocycles. The molecule has 6 heteroatoms. The van der Waals surface area contributed by atoms with E-state index in [0.29, 0.717) is 12.1 Å². The minimum Gasteiger partial charge on any atom is -0.376 e. The Kier molecular flexibility index (Phi) is 5.45. The van der Waals surface area contributed by atoms with Crippen molar-refractivity contribution < 1.29 is 19.1 Å². The second kappa shape index (κ2) is 7.98. The lowest BCUT2D eigenvalue weighted by atomic mass is 9.89. The van der Waals surface area contributed by atoms with Crippen molar-refractivity contribution in [2.24, 2.45) is 0 Å². The predicted octanol–water partition coefficient (Wildman–Crippen LogP) is 2.48. The molecule has 1 N–H and O–H groups in total. The van der Waals surface area contributed by atoms with Gasteiger partial charge in [0.2, 0.25) is 5.91 Å². The van der Waals surface area contributed by atoms with E-state index in [4.69, 9.17) is 9.47 Å². The lowest BCUT2D eigenvalue weighted by molar-refractivity contribution is -0.127. The summed E-state index contributed by atoms with van der Waals surface area (Å²) in [6, 6.07) is 8.61. The summed E-state index contributed by atoms with van der Waals surface area (Å²) >= 11 is 0. The maximum atomic E-state index is 13.3. The minimum absolute atomic E-state index is 0.0817. The van der Waals surface area contributed by atoms with Crippen molar-refractivity contribution in [1.29, 1.82) is 0 Å². The largest absolute Gasteiger partial charge is 0.376 e. The van der Waals surface area contributed by atoms with Crippen molar-refractivity contribution in [3.8, 4) is 0 Å². The number of carbonyl (C=O) groups excluding carboxylic acids is 2. The quantitative estimate of drug-likeness (QED) is 0.882. The number of hydrogen-bond donors (Lipinski definition) is 1. The van der Waals surface area contributed by atoms with E-state index in [2.05, 4.69) is 5.32 Å². The third-order valence-corrected chi connectivity index (χ3v) is 5.97. The van der Waals surface area contributed by atoms with Crippen LogP contribution in [0, 0.1) is 0 Å². The van der Waals surface area contributed by atoms with Crippen LogP contribution < -0.4 is 5.32 Å². The molecule has 27 heavy (non-hydrogen) atoms. The fraction of sp³-hybridized carbons (Fsp3) is 0.619. The number of rotatable bonds is 4. The molecule has 3 fully saturated rings.